The highest BCUT2D eigenvalue weighted by molar-refractivity contribution is 5.70. The van der Waals surface area contributed by atoms with Gasteiger partial charge in [0.2, 0.25) is 0 Å². The fraction of sp³-hybridized carbons (Fsp3) is 0.957. The average molecular weight is 815 g/mol. The van der Waals surface area contributed by atoms with E-state index in [-0.39, 0.29) is 32.0 Å². The second-order valence-corrected chi connectivity index (χ2v) is 16.9. The van der Waals surface area contributed by atoms with Crippen LogP contribution in [0.1, 0.15) is 232 Å². The second kappa shape index (κ2) is 38.9. The minimum absolute atomic E-state index is 0.209. The summed E-state index contributed by atoms with van der Waals surface area (Å²) in [6.45, 7) is 3.46. The van der Waals surface area contributed by atoms with Gasteiger partial charge in [-0.2, -0.15) is 0 Å². The van der Waals surface area contributed by atoms with Gasteiger partial charge in [0, 0.05) is 12.8 Å². The highest BCUT2D eigenvalue weighted by Gasteiger charge is 2.44. The minimum atomic E-state index is -1.59. The lowest BCUT2D eigenvalue weighted by molar-refractivity contribution is -0.305. The van der Waals surface area contributed by atoms with Crippen molar-refractivity contribution >= 4 is 11.9 Å². The van der Waals surface area contributed by atoms with E-state index >= 15 is 0 Å². The van der Waals surface area contributed by atoms with Gasteiger partial charge >= 0.3 is 11.9 Å². The molecule has 0 aliphatic carbocycles. The molecule has 2 unspecified atom stereocenters. The van der Waals surface area contributed by atoms with E-state index in [2.05, 4.69) is 13.8 Å². The Balaban J connectivity index is 2.25. The molecule has 0 bridgehead atoms. The molecule has 0 radical (unpaired) electrons. The van der Waals surface area contributed by atoms with Gasteiger partial charge in [0.05, 0.1) is 13.2 Å². The van der Waals surface area contributed by atoms with Gasteiger partial charge in [-0.15, -0.1) is 0 Å². The zero-order chi connectivity index (χ0) is 41.6. The molecule has 0 aromatic carbocycles. The summed E-state index contributed by atoms with van der Waals surface area (Å²) in [5.74, 6) is -0.790. The lowest BCUT2D eigenvalue weighted by atomic mass is 9.99. The fourth-order valence-electron chi connectivity index (χ4n) is 7.66. The van der Waals surface area contributed by atoms with Gasteiger partial charge in [-0.05, 0) is 12.8 Å². The zero-order valence-corrected chi connectivity index (χ0v) is 36.9. The van der Waals surface area contributed by atoms with Gasteiger partial charge < -0.3 is 39.4 Å². The molecule has 10 nitrogen and oxygen atoms in total. The van der Waals surface area contributed by atoms with Gasteiger partial charge in [0.25, 0.3) is 0 Å². The summed E-state index contributed by atoms with van der Waals surface area (Å²) < 4.78 is 22.2. The van der Waals surface area contributed by atoms with Gasteiger partial charge in [-0.1, -0.05) is 206 Å². The van der Waals surface area contributed by atoms with Crippen LogP contribution in [0.15, 0.2) is 0 Å². The van der Waals surface area contributed by atoms with E-state index in [1.165, 1.54) is 161 Å². The molecule has 1 saturated heterocycles. The van der Waals surface area contributed by atoms with Crippen molar-refractivity contribution in [3.05, 3.63) is 0 Å². The molecule has 1 aliphatic rings. The van der Waals surface area contributed by atoms with Crippen LogP contribution in [0.4, 0.5) is 0 Å². The lowest BCUT2D eigenvalue weighted by Gasteiger charge is -2.39. The molecule has 57 heavy (non-hydrogen) atoms. The summed E-state index contributed by atoms with van der Waals surface area (Å²) in [7, 11) is 0. The Labute approximate surface area is 348 Å². The third kappa shape index (κ3) is 30.4. The molecule has 0 aromatic rings. The van der Waals surface area contributed by atoms with Crippen LogP contribution in [-0.2, 0) is 28.5 Å². The van der Waals surface area contributed by atoms with Crippen LogP contribution in [0.2, 0.25) is 0 Å². The van der Waals surface area contributed by atoms with E-state index in [9.17, 15) is 30.0 Å². The normalized spacial score (nSPS) is 20.1. The van der Waals surface area contributed by atoms with Crippen molar-refractivity contribution in [2.75, 3.05) is 19.8 Å². The van der Waals surface area contributed by atoms with Crippen LogP contribution in [0.3, 0.4) is 0 Å². The van der Waals surface area contributed by atoms with Crippen molar-refractivity contribution in [1.82, 2.24) is 0 Å². The number of carbonyl (C=O) groups is 2. The zero-order valence-electron chi connectivity index (χ0n) is 36.9. The summed E-state index contributed by atoms with van der Waals surface area (Å²) in [5, 5.41) is 40.1. The fourth-order valence-corrected chi connectivity index (χ4v) is 7.66. The highest BCUT2D eigenvalue weighted by Crippen LogP contribution is 2.23. The van der Waals surface area contributed by atoms with Crippen molar-refractivity contribution in [1.29, 1.82) is 0 Å². The Morgan fingerprint density at radius 3 is 1.19 bits per heavy atom. The first kappa shape index (κ1) is 53.7. The topological polar surface area (TPSA) is 152 Å². The number of aliphatic hydroxyl groups excluding tert-OH is 4. The van der Waals surface area contributed by atoms with Crippen molar-refractivity contribution < 1.29 is 49.0 Å². The number of hydrogen-bond donors (Lipinski definition) is 4. The quantitative estimate of drug-likeness (QED) is 0.0347. The van der Waals surface area contributed by atoms with E-state index < -0.39 is 49.4 Å². The first-order chi connectivity index (χ1) is 27.8. The van der Waals surface area contributed by atoms with Crippen molar-refractivity contribution in [3.63, 3.8) is 0 Å². The Morgan fingerprint density at radius 1 is 0.474 bits per heavy atom. The van der Waals surface area contributed by atoms with E-state index in [4.69, 9.17) is 18.9 Å². The molecular weight excluding hydrogens is 725 g/mol. The van der Waals surface area contributed by atoms with Crippen LogP contribution in [-0.4, -0.2) is 89.0 Å². The van der Waals surface area contributed by atoms with E-state index in [0.717, 1.165) is 38.5 Å². The largest absolute Gasteiger partial charge is 0.462 e. The van der Waals surface area contributed by atoms with Gasteiger partial charge in [-0.25, -0.2) is 0 Å². The maximum absolute atomic E-state index is 12.8. The molecule has 0 aromatic heterocycles. The third-order valence-corrected chi connectivity index (χ3v) is 11.5. The minimum Gasteiger partial charge on any atom is -0.462 e. The van der Waals surface area contributed by atoms with Gasteiger partial charge in [-0.3, -0.25) is 9.59 Å². The number of hydrogen-bond acceptors (Lipinski definition) is 10. The number of ether oxygens (including phenoxy) is 4. The highest BCUT2D eigenvalue weighted by atomic mass is 16.7. The van der Waals surface area contributed by atoms with E-state index in [1.54, 1.807) is 0 Å². The van der Waals surface area contributed by atoms with Crippen LogP contribution in [0.5, 0.6) is 0 Å². The predicted molar refractivity (Wildman–Crippen MR) is 229 cm³/mol. The lowest BCUT2D eigenvalue weighted by Crippen LogP contribution is -2.59. The van der Waals surface area contributed by atoms with Crippen LogP contribution in [0, 0.1) is 0 Å². The number of carbonyl (C=O) groups excluding carboxylic acids is 2. The molecule has 0 saturated carbocycles. The van der Waals surface area contributed by atoms with Crippen molar-refractivity contribution in [2.45, 2.75) is 269 Å². The first-order valence-electron chi connectivity index (χ1n) is 24.1. The Kier molecular flexibility index (Phi) is 36.6. The Morgan fingerprint density at radius 2 is 0.825 bits per heavy atom. The molecule has 0 amide bonds. The molecular formula is C47H90O10. The molecule has 1 rings (SSSR count). The van der Waals surface area contributed by atoms with Crippen LogP contribution >= 0.6 is 0 Å². The standard InChI is InChI=1S/C47H90O10/c1-3-5-7-9-11-13-15-17-18-19-20-21-22-23-24-26-28-30-32-34-36-43(50)56-40(39-55-47-46(53)45(52)44(51)41(37-48)57-47)38-54-42(49)35-33-31-29-27-25-16-14-12-10-8-6-4-2/h40-41,44-48,51-53H,3-39H2,1-2H3/t40-,41-,44+,45?,46?,47-/m1/s1. The molecule has 6 atom stereocenters. The number of rotatable bonds is 41. The van der Waals surface area contributed by atoms with E-state index in [0.29, 0.717) is 6.42 Å². The average Bonchev–Trinajstić information content (AvgIpc) is 3.21. The van der Waals surface area contributed by atoms with Gasteiger partial charge in [0.15, 0.2) is 12.4 Å². The van der Waals surface area contributed by atoms with Crippen LogP contribution < -0.4 is 0 Å². The summed E-state index contributed by atoms with van der Waals surface area (Å²) in [4.78, 5) is 25.3. The summed E-state index contributed by atoms with van der Waals surface area (Å²) in [6, 6.07) is 0. The molecule has 1 aliphatic heterocycles. The van der Waals surface area contributed by atoms with Crippen molar-refractivity contribution in [2.24, 2.45) is 0 Å². The van der Waals surface area contributed by atoms with E-state index in [1.807, 2.05) is 0 Å². The second-order valence-electron chi connectivity index (χ2n) is 16.9. The SMILES string of the molecule is CCCCCCCCCCCCCCCCCCCCCCC(=O)O[C@H](COC(=O)CCCCCCCCCCCCCC)CO[C@@H]1O[C@H](CO)[C@H](O)C(O)C1O. The first-order valence-corrected chi connectivity index (χ1v) is 24.1. The molecule has 338 valence electrons. The summed E-state index contributed by atoms with van der Waals surface area (Å²) in [5.41, 5.74) is 0. The summed E-state index contributed by atoms with van der Waals surface area (Å²) in [6.07, 6.45) is 32.5. The Hall–Kier alpha value is -1.30. The molecule has 0 spiro atoms. The monoisotopic (exact) mass is 815 g/mol. The van der Waals surface area contributed by atoms with Gasteiger partial charge in [0.1, 0.15) is 31.0 Å². The smallest absolute Gasteiger partial charge is 0.306 e. The molecule has 10 heteroatoms. The molecule has 1 heterocycles. The van der Waals surface area contributed by atoms with Crippen molar-refractivity contribution in [3.8, 4) is 0 Å². The van der Waals surface area contributed by atoms with Crippen LogP contribution in [0.25, 0.3) is 0 Å². The third-order valence-electron chi connectivity index (χ3n) is 11.5. The number of aliphatic hydroxyl groups is 4. The number of unbranched alkanes of at least 4 members (excludes halogenated alkanes) is 30. The predicted octanol–water partition coefficient (Wildman–Crippen LogP) is 10.6. The molecule has 4 N–H and O–H groups in total. The molecule has 1 fully saturated rings. The number of esters is 2. The maximum Gasteiger partial charge on any atom is 0.306 e. The Bertz CT molecular complexity index is 901. The maximum atomic E-state index is 12.8. The summed E-state index contributed by atoms with van der Waals surface area (Å²) >= 11 is 0.